The monoisotopic (exact) mass is 541 g/mol. The van der Waals surface area contributed by atoms with E-state index in [0.29, 0.717) is 30.6 Å². The third kappa shape index (κ3) is 4.88. The second-order valence-electron chi connectivity index (χ2n) is 9.61. The van der Waals surface area contributed by atoms with E-state index in [4.69, 9.17) is 14.7 Å². The topological polar surface area (TPSA) is 117 Å². The summed E-state index contributed by atoms with van der Waals surface area (Å²) in [6.45, 7) is 7.38. The van der Waals surface area contributed by atoms with Crippen molar-refractivity contribution in [3.8, 4) is 0 Å². The Balaban J connectivity index is 1.35. The summed E-state index contributed by atoms with van der Waals surface area (Å²) in [5.74, 6) is 1.93. The number of nitrogens with zero attached hydrogens (tertiary/aromatic N) is 7. The maximum atomic E-state index is 12.5. The van der Waals surface area contributed by atoms with Gasteiger partial charge >= 0.3 is 6.09 Å². The normalized spacial score (nSPS) is 16.3. The van der Waals surface area contributed by atoms with E-state index in [1.54, 1.807) is 22.7 Å². The van der Waals surface area contributed by atoms with Gasteiger partial charge in [-0.05, 0) is 55.3 Å². The lowest BCUT2D eigenvalue weighted by molar-refractivity contribution is 0.0238. The fourth-order valence-electron chi connectivity index (χ4n) is 4.07. The van der Waals surface area contributed by atoms with Crippen LogP contribution in [0.1, 0.15) is 33.0 Å². The largest absolute Gasteiger partial charge is 0.444 e. The molecule has 1 fully saturated rings. The molecule has 4 heterocycles. The number of aromatic nitrogens is 6. The van der Waals surface area contributed by atoms with Gasteiger partial charge < -0.3 is 24.8 Å². The molecule has 0 radical (unpaired) electrons. The van der Waals surface area contributed by atoms with Crippen LogP contribution in [0.25, 0.3) is 16.7 Å². The first kappa shape index (κ1) is 23.3. The van der Waals surface area contributed by atoms with Crippen LogP contribution >= 0.6 is 15.9 Å². The Morgan fingerprint density at radius 1 is 1.29 bits per heavy atom. The van der Waals surface area contributed by atoms with Gasteiger partial charge in [0.25, 0.3) is 0 Å². The van der Waals surface area contributed by atoms with E-state index >= 15 is 0 Å². The minimum Gasteiger partial charge on any atom is -0.444 e. The van der Waals surface area contributed by atoms with Crippen molar-refractivity contribution in [2.75, 3.05) is 30.4 Å². The van der Waals surface area contributed by atoms with E-state index in [1.807, 2.05) is 45.0 Å². The molecule has 0 bridgehead atoms. The van der Waals surface area contributed by atoms with Crippen LogP contribution in [0, 0.1) is 0 Å². The molecule has 12 heteroatoms. The number of rotatable bonds is 5. The van der Waals surface area contributed by atoms with Crippen molar-refractivity contribution in [2.24, 2.45) is 0 Å². The van der Waals surface area contributed by atoms with E-state index in [0.717, 1.165) is 34.3 Å². The van der Waals surface area contributed by atoms with E-state index < -0.39 is 5.60 Å². The quantitative estimate of drug-likeness (QED) is 0.391. The van der Waals surface area contributed by atoms with Gasteiger partial charge in [-0.1, -0.05) is 12.1 Å². The van der Waals surface area contributed by atoms with Crippen molar-refractivity contribution in [1.82, 2.24) is 34.4 Å². The number of carbonyl (C=O) groups is 1. The summed E-state index contributed by atoms with van der Waals surface area (Å²) in [6.07, 6.45) is 2.17. The van der Waals surface area contributed by atoms with Crippen LogP contribution in [-0.2, 0) is 11.3 Å². The number of nitrogens with one attached hydrogen (secondary N) is 2. The highest BCUT2D eigenvalue weighted by atomic mass is 79.9. The van der Waals surface area contributed by atoms with Gasteiger partial charge in [0.1, 0.15) is 11.4 Å². The van der Waals surface area contributed by atoms with Crippen molar-refractivity contribution >= 4 is 50.6 Å². The van der Waals surface area contributed by atoms with Crippen LogP contribution in [0.3, 0.4) is 0 Å². The van der Waals surface area contributed by atoms with Crippen LogP contribution in [0.2, 0.25) is 0 Å². The van der Waals surface area contributed by atoms with Crippen LogP contribution in [-0.4, -0.2) is 72.3 Å². The first-order chi connectivity index (χ1) is 16.7. The number of carbonyl (C=O) groups excluding carboxylic acids is 1. The van der Waals surface area contributed by atoms with Gasteiger partial charge in [-0.2, -0.15) is 19.6 Å². The molecule has 1 amide bonds. The fraction of sp³-hybridized carbons (Fsp3) is 0.435. The first-order valence-electron chi connectivity index (χ1n) is 11.5. The molecule has 1 aromatic carbocycles. The molecule has 0 unspecified atom stereocenters. The molecule has 3 aromatic heterocycles. The Bertz CT molecular complexity index is 1340. The summed E-state index contributed by atoms with van der Waals surface area (Å²) < 4.78 is 7.97. The highest BCUT2D eigenvalue weighted by Gasteiger charge is 2.32. The average Bonchev–Trinajstić information content (AvgIpc) is 3.54. The van der Waals surface area contributed by atoms with Crippen molar-refractivity contribution in [2.45, 2.75) is 45.4 Å². The molecule has 1 aliphatic rings. The number of benzene rings is 1. The average molecular weight is 542 g/mol. The third-order valence-electron chi connectivity index (χ3n) is 5.84. The van der Waals surface area contributed by atoms with E-state index in [1.165, 1.54) is 0 Å². The number of imidazole rings is 1. The number of para-hydroxylation sites is 2. The van der Waals surface area contributed by atoms with Crippen molar-refractivity contribution in [3.63, 3.8) is 0 Å². The molecule has 1 atom stereocenters. The number of ether oxygens (including phenoxy) is 1. The molecule has 11 nitrogen and oxygen atoms in total. The minimum absolute atomic E-state index is 0.00462. The minimum atomic E-state index is -0.535. The molecule has 35 heavy (non-hydrogen) atoms. The number of fused-ring (bicyclic) bond motifs is 2. The van der Waals surface area contributed by atoms with E-state index in [-0.39, 0.29) is 12.1 Å². The van der Waals surface area contributed by atoms with Gasteiger partial charge in [0.2, 0.25) is 11.9 Å². The standard InChI is InChI=1S/C23H28BrN9O2/c1-23(2,3)35-22(34)31(4)14-9-10-32(13-14)21-29-19-15(24)11-26-33(19)20(30-21)25-12-18-27-16-7-5-6-8-17(16)28-18/h5-8,11,14H,9-10,12-13H2,1-4H3,(H,27,28)(H,25,29,30)/t14-/m0/s1. The van der Waals surface area contributed by atoms with E-state index in [9.17, 15) is 4.79 Å². The lowest BCUT2D eigenvalue weighted by Gasteiger charge is -2.28. The molecule has 2 N–H and O–H groups in total. The molecule has 0 aliphatic carbocycles. The maximum absolute atomic E-state index is 12.5. The molecule has 1 saturated heterocycles. The zero-order valence-electron chi connectivity index (χ0n) is 20.1. The Labute approximate surface area is 211 Å². The summed E-state index contributed by atoms with van der Waals surface area (Å²) in [5.41, 5.74) is 2.02. The second kappa shape index (κ2) is 8.99. The lowest BCUT2D eigenvalue weighted by atomic mass is 10.2. The summed E-state index contributed by atoms with van der Waals surface area (Å²) in [5, 5.41) is 7.75. The number of hydrogen-bond donors (Lipinski definition) is 2. The maximum Gasteiger partial charge on any atom is 0.410 e. The van der Waals surface area contributed by atoms with Gasteiger partial charge in [-0.3, -0.25) is 0 Å². The van der Waals surface area contributed by atoms with Crippen LogP contribution < -0.4 is 10.2 Å². The Kier molecular flexibility index (Phi) is 5.99. The van der Waals surface area contributed by atoms with Gasteiger partial charge in [0, 0.05) is 20.1 Å². The zero-order valence-corrected chi connectivity index (χ0v) is 21.7. The second-order valence-corrected chi connectivity index (χ2v) is 10.5. The molecular weight excluding hydrogens is 514 g/mol. The first-order valence-corrected chi connectivity index (χ1v) is 12.3. The molecule has 0 saturated carbocycles. The number of amides is 1. The van der Waals surface area contributed by atoms with Crippen molar-refractivity contribution < 1.29 is 9.53 Å². The molecule has 4 aromatic rings. The van der Waals surface area contributed by atoms with Crippen LogP contribution in [0.5, 0.6) is 0 Å². The van der Waals surface area contributed by atoms with Crippen molar-refractivity contribution in [3.05, 3.63) is 40.8 Å². The number of H-pyrrole nitrogens is 1. The Morgan fingerprint density at radius 3 is 2.86 bits per heavy atom. The highest BCUT2D eigenvalue weighted by Crippen LogP contribution is 2.26. The van der Waals surface area contributed by atoms with Crippen LogP contribution in [0.4, 0.5) is 16.7 Å². The smallest absolute Gasteiger partial charge is 0.410 e. The molecule has 184 valence electrons. The van der Waals surface area contributed by atoms with Gasteiger partial charge in [-0.25, -0.2) is 9.78 Å². The molecule has 0 spiro atoms. The predicted octanol–water partition coefficient (Wildman–Crippen LogP) is 3.82. The SMILES string of the molecule is CN(C(=O)OC(C)(C)C)[C@H]1CCN(c2nc(NCc3nc4ccccc4[nH]3)n3ncc(Br)c3n2)C1. The predicted molar refractivity (Wildman–Crippen MR) is 137 cm³/mol. The Morgan fingerprint density at radius 2 is 2.09 bits per heavy atom. The van der Waals surface area contributed by atoms with Gasteiger partial charge in [0.15, 0.2) is 5.65 Å². The Hall–Kier alpha value is -3.41. The fourth-order valence-corrected chi connectivity index (χ4v) is 4.42. The highest BCUT2D eigenvalue weighted by molar-refractivity contribution is 9.10. The third-order valence-corrected chi connectivity index (χ3v) is 6.40. The molecular formula is C23H28BrN9O2. The summed E-state index contributed by atoms with van der Waals surface area (Å²) in [6, 6.07) is 7.91. The molecule has 1 aliphatic heterocycles. The number of likely N-dealkylation sites (N-methyl/N-ethyl adjacent to an activating group) is 1. The molecule has 5 rings (SSSR count). The summed E-state index contributed by atoms with van der Waals surface area (Å²) in [4.78, 5) is 33.7. The van der Waals surface area contributed by atoms with Gasteiger partial charge in [0.05, 0.1) is 34.3 Å². The van der Waals surface area contributed by atoms with Crippen molar-refractivity contribution in [1.29, 1.82) is 0 Å². The zero-order chi connectivity index (χ0) is 24.7. The lowest BCUT2D eigenvalue weighted by Crippen LogP contribution is -2.42. The van der Waals surface area contributed by atoms with Gasteiger partial charge in [-0.15, -0.1) is 0 Å². The van der Waals surface area contributed by atoms with Crippen LogP contribution in [0.15, 0.2) is 34.9 Å². The number of halogens is 1. The number of hydrogen-bond acceptors (Lipinski definition) is 8. The number of aromatic amines is 1. The summed E-state index contributed by atoms with van der Waals surface area (Å²) in [7, 11) is 1.78. The number of anilines is 2. The van der Waals surface area contributed by atoms with E-state index in [2.05, 4.69) is 41.2 Å². The summed E-state index contributed by atoms with van der Waals surface area (Å²) >= 11 is 3.54.